The molecule has 0 bridgehead atoms. The van der Waals surface area contributed by atoms with Crippen LogP contribution in [0.5, 0.6) is 0 Å². The van der Waals surface area contributed by atoms with E-state index in [-0.39, 0.29) is 30.1 Å². The van der Waals surface area contributed by atoms with Gasteiger partial charge in [0.05, 0.1) is 11.3 Å². The van der Waals surface area contributed by atoms with Crippen LogP contribution in [0.2, 0.25) is 0 Å². The van der Waals surface area contributed by atoms with Gasteiger partial charge in [-0.25, -0.2) is 0 Å². The van der Waals surface area contributed by atoms with Crippen LogP contribution in [0.3, 0.4) is 0 Å². The van der Waals surface area contributed by atoms with E-state index in [9.17, 15) is 22.8 Å². The van der Waals surface area contributed by atoms with E-state index in [0.717, 1.165) is 25.0 Å². The predicted molar refractivity (Wildman–Crippen MR) is 99.5 cm³/mol. The molecule has 0 aromatic heterocycles. The number of halogens is 3. The Morgan fingerprint density at radius 2 is 2.00 bits per heavy atom. The molecule has 2 amide bonds. The van der Waals surface area contributed by atoms with Crippen molar-refractivity contribution in [3.63, 3.8) is 0 Å². The maximum absolute atomic E-state index is 13.0. The number of benzene rings is 1. The Balaban J connectivity index is 1.65. The van der Waals surface area contributed by atoms with E-state index in [1.165, 1.54) is 24.9 Å². The fourth-order valence-corrected chi connectivity index (χ4v) is 4.84. The number of carbonyl (C=O) groups excluding carboxylic acids is 2. The Kier molecular flexibility index (Phi) is 6.54. The summed E-state index contributed by atoms with van der Waals surface area (Å²) in [4.78, 5) is 27.7. The molecule has 3 rings (SSSR count). The highest BCUT2D eigenvalue weighted by molar-refractivity contribution is 8.00. The van der Waals surface area contributed by atoms with Crippen molar-refractivity contribution >= 4 is 23.6 Å². The lowest BCUT2D eigenvalue weighted by molar-refractivity contribution is -0.138. The smallest absolute Gasteiger partial charge is 0.375 e. The Hall–Kier alpha value is -1.74. The number of nitrogens with zero attached hydrogens (tertiary/aromatic N) is 2. The predicted octanol–water partition coefficient (Wildman–Crippen LogP) is 3.16. The summed E-state index contributed by atoms with van der Waals surface area (Å²) in [6, 6.07) is 5.21. The van der Waals surface area contributed by atoms with Gasteiger partial charge in [0.1, 0.15) is 12.0 Å². The first kappa shape index (κ1) is 21.0. The minimum atomic E-state index is -4.41. The number of rotatable bonds is 5. The summed E-state index contributed by atoms with van der Waals surface area (Å²) >= 11 is 1.36. The van der Waals surface area contributed by atoms with E-state index in [2.05, 4.69) is 0 Å². The third kappa shape index (κ3) is 4.81. The van der Waals surface area contributed by atoms with Crippen molar-refractivity contribution in [2.45, 2.75) is 24.4 Å². The van der Waals surface area contributed by atoms with Crippen LogP contribution < -0.4 is 0 Å². The van der Waals surface area contributed by atoms with E-state index >= 15 is 0 Å². The molecule has 0 N–H and O–H groups in total. The third-order valence-electron chi connectivity index (χ3n) is 5.16. The number of hydrogen-bond donors (Lipinski definition) is 0. The van der Waals surface area contributed by atoms with Gasteiger partial charge in [-0.3, -0.25) is 9.59 Å². The van der Waals surface area contributed by atoms with E-state index in [0.29, 0.717) is 25.2 Å². The zero-order chi connectivity index (χ0) is 20.3. The van der Waals surface area contributed by atoms with Crippen LogP contribution in [0.25, 0.3) is 0 Å². The number of hydrogen-bond acceptors (Lipinski definition) is 4. The molecular formula is C19H23F3N2O3S. The van der Waals surface area contributed by atoms with Crippen molar-refractivity contribution in [3.8, 4) is 0 Å². The fraction of sp³-hybridized carbons (Fsp3) is 0.579. The Bertz CT molecular complexity index is 721. The standard InChI is InChI=1S/C19H23F3N2O3S/c1-27-11-16(25)23-7-5-13(6-8-23)10-24-17(26)12-28-18(24)14-3-2-4-15(9-14)19(20,21)22/h2-4,9,13,18H,5-8,10-12H2,1H3/t18-/m1/s1. The van der Waals surface area contributed by atoms with Gasteiger partial charge in [-0.15, -0.1) is 11.8 Å². The van der Waals surface area contributed by atoms with E-state index in [4.69, 9.17) is 4.74 Å². The summed E-state index contributed by atoms with van der Waals surface area (Å²) in [5, 5.41) is -0.400. The maximum Gasteiger partial charge on any atom is 0.416 e. The Morgan fingerprint density at radius 3 is 2.64 bits per heavy atom. The minimum Gasteiger partial charge on any atom is -0.375 e. The molecule has 2 fully saturated rings. The van der Waals surface area contributed by atoms with E-state index < -0.39 is 17.1 Å². The van der Waals surface area contributed by atoms with E-state index in [1.807, 2.05) is 0 Å². The molecule has 0 spiro atoms. The lowest BCUT2D eigenvalue weighted by Crippen LogP contribution is -2.43. The van der Waals surface area contributed by atoms with Gasteiger partial charge in [0, 0.05) is 26.7 Å². The van der Waals surface area contributed by atoms with Gasteiger partial charge in [-0.05, 0) is 36.5 Å². The van der Waals surface area contributed by atoms with Gasteiger partial charge < -0.3 is 14.5 Å². The lowest BCUT2D eigenvalue weighted by Gasteiger charge is -2.35. The van der Waals surface area contributed by atoms with Gasteiger partial charge in [0.25, 0.3) is 0 Å². The molecule has 154 valence electrons. The average molecular weight is 416 g/mol. The van der Waals surface area contributed by atoms with Crippen LogP contribution >= 0.6 is 11.8 Å². The molecule has 0 saturated carbocycles. The van der Waals surface area contributed by atoms with Crippen molar-refractivity contribution < 1.29 is 27.5 Å². The zero-order valence-electron chi connectivity index (χ0n) is 15.6. The quantitative estimate of drug-likeness (QED) is 0.740. The van der Waals surface area contributed by atoms with Crippen LogP contribution in [-0.4, -0.2) is 60.7 Å². The van der Waals surface area contributed by atoms with Gasteiger partial charge in [-0.2, -0.15) is 13.2 Å². The van der Waals surface area contributed by atoms with Gasteiger partial charge in [0.2, 0.25) is 11.8 Å². The monoisotopic (exact) mass is 416 g/mol. The summed E-state index contributed by atoms with van der Waals surface area (Å²) in [5.74, 6) is 0.398. The number of piperidine rings is 1. The first-order chi connectivity index (χ1) is 13.3. The van der Waals surface area contributed by atoms with Gasteiger partial charge in [0.15, 0.2) is 0 Å². The molecule has 2 saturated heterocycles. The van der Waals surface area contributed by atoms with Crippen LogP contribution in [0, 0.1) is 5.92 Å². The van der Waals surface area contributed by atoms with Crippen LogP contribution in [0.4, 0.5) is 13.2 Å². The number of methoxy groups -OCH3 is 1. The average Bonchev–Trinajstić information content (AvgIpc) is 3.02. The first-order valence-corrected chi connectivity index (χ1v) is 10.2. The molecule has 2 aliphatic rings. The van der Waals surface area contributed by atoms with Crippen LogP contribution in [-0.2, 0) is 20.5 Å². The maximum atomic E-state index is 13.0. The number of amides is 2. The molecule has 0 aliphatic carbocycles. The summed E-state index contributed by atoms with van der Waals surface area (Å²) in [6.45, 7) is 1.77. The van der Waals surface area contributed by atoms with Gasteiger partial charge in [-0.1, -0.05) is 12.1 Å². The molecule has 1 aromatic rings. The molecular weight excluding hydrogens is 393 g/mol. The highest BCUT2D eigenvalue weighted by Gasteiger charge is 2.37. The molecule has 2 heterocycles. The molecule has 0 radical (unpaired) electrons. The normalized spacial score (nSPS) is 21.4. The zero-order valence-corrected chi connectivity index (χ0v) is 16.4. The SMILES string of the molecule is COCC(=O)N1CCC(CN2C(=O)CS[C@@H]2c2cccc(C(F)(F)F)c2)CC1. The first-order valence-electron chi connectivity index (χ1n) is 9.14. The van der Waals surface area contributed by atoms with Gasteiger partial charge >= 0.3 is 6.18 Å². The van der Waals surface area contributed by atoms with E-state index in [1.54, 1.807) is 15.9 Å². The van der Waals surface area contributed by atoms with Crippen molar-refractivity contribution in [1.29, 1.82) is 0 Å². The third-order valence-corrected chi connectivity index (χ3v) is 6.41. The fourth-order valence-electron chi connectivity index (χ4n) is 3.65. The number of ether oxygens (including phenoxy) is 1. The van der Waals surface area contributed by atoms with Crippen LogP contribution in [0.1, 0.15) is 29.3 Å². The summed E-state index contributed by atoms with van der Waals surface area (Å²) in [6.07, 6.45) is -2.88. The van der Waals surface area contributed by atoms with Crippen molar-refractivity contribution in [2.75, 3.05) is 39.1 Å². The second-order valence-corrected chi connectivity index (χ2v) is 8.16. The second-order valence-electron chi connectivity index (χ2n) is 7.09. The molecule has 5 nitrogen and oxygen atoms in total. The summed E-state index contributed by atoms with van der Waals surface area (Å²) < 4.78 is 44.0. The number of likely N-dealkylation sites (tertiary alicyclic amines) is 1. The largest absolute Gasteiger partial charge is 0.416 e. The summed E-state index contributed by atoms with van der Waals surface area (Å²) in [5.41, 5.74) is -0.201. The molecule has 0 unspecified atom stereocenters. The molecule has 9 heteroatoms. The molecule has 1 atom stereocenters. The number of alkyl halides is 3. The molecule has 28 heavy (non-hydrogen) atoms. The minimum absolute atomic E-state index is 0.0457. The highest BCUT2D eigenvalue weighted by atomic mass is 32.2. The van der Waals surface area contributed by atoms with Crippen molar-refractivity contribution in [1.82, 2.24) is 9.80 Å². The Labute approximate surface area is 166 Å². The van der Waals surface area contributed by atoms with Crippen molar-refractivity contribution in [3.05, 3.63) is 35.4 Å². The Morgan fingerprint density at radius 1 is 1.29 bits per heavy atom. The number of thioether (sulfide) groups is 1. The van der Waals surface area contributed by atoms with Crippen LogP contribution in [0.15, 0.2) is 24.3 Å². The molecule has 2 aliphatic heterocycles. The van der Waals surface area contributed by atoms with Crippen molar-refractivity contribution in [2.24, 2.45) is 5.92 Å². The second kappa shape index (κ2) is 8.73. The molecule has 1 aromatic carbocycles. The highest BCUT2D eigenvalue weighted by Crippen LogP contribution is 2.41. The number of carbonyl (C=O) groups is 2. The summed E-state index contributed by atoms with van der Waals surface area (Å²) in [7, 11) is 1.48. The lowest BCUT2D eigenvalue weighted by atomic mass is 9.95. The topological polar surface area (TPSA) is 49.9 Å².